The second-order valence-corrected chi connectivity index (χ2v) is 7.33. The third kappa shape index (κ3) is 3.45. The summed E-state index contributed by atoms with van der Waals surface area (Å²) in [6.07, 6.45) is 1.51. The predicted molar refractivity (Wildman–Crippen MR) is 110 cm³/mol. The van der Waals surface area contributed by atoms with Gasteiger partial charge in [-0.05, 0) is 42.0 Å². The lowest BCUT2D eigenvalue weighted by atomic mass is 9.95. The van der Waals surface area contributed by atoms with Crippen LogP contribution in [0.4, 0.5) is 10.2 Å². The Balaban J connectivity index is 1.94. The van der Waals surface area contributed by atoms with Crippen LogP contribution in [-0.4, -0.2) is 21.8 Å². The number of hydrogen-bond acceptors (Lipinski definition) is 4. The number of aliphatic hydroxyl groups excluding tert-OH is 1. The molecule has 0 spiro atoms. The average molecular weight is 453 g/mol. The van der Waals surface area contributed by atoms with Crippen molar-refractivity contribution in [3.8, 4) is 0 Å². The standard InChI is InChI=1S/C22H14BrFN2O3/c23-15-8-4-14(5-9-15)20(27)18-19(13-6-10-16(24)11-7-13)26(22(29)21(18)28)17-3-1-2-12-25-17/h1-12,19,27H/b20-18-. The lowest BCUT2D eigenvalue weighted by molar-refractivity contribution is -0.132. The van der Waals surface area contributed by atoms with E-state index in [1.54, 1.807) is 42.5 Å². The molecule has 1 unspecified atom stereocenters. The second kappa shape index (κ2) is 7.60. The van der Waals surface area contributed by atoms with Crippen molar-refractivity contribution in [1.82, 2.24) is 4.98 Å². The molecule has 1 saturated heterocycles. The van der Waals surface area contributed by atoms with Crippen molar-refractivity contribution in [2.75, 3.05) is 4.90 Å². The SMILES string of the molecule is O=C1C(=O)N(c2ccccn2)C(c2ccc(F)cc2)/C1=C(/O)c1ccc(Br)cc1. The maximum atomic E-state index is 13.5. The summed E-state index contributed by atoms with van der Waals surface area (Å²) in [6, 6.07) is 16.2. The van der Waals surface area contributed by atoms with Crippen molar-refractivity contribution in [2.24, 2.45) is 0 Å². The highest BCUT2D eigenvalue weighted by atomic mass is 79.9. The first-order chi connectivity index (χ1) is 14.0. The van der Waals surface area contributed by atoms with Gasteiger partial charge in [-0.25, -0.2) is 9.37 Å². The number of amides is 1. The molecule has 1 atom stereocenters. The van der Waals surface area contributed by atoms with Crippen LogP contribution >= 0.6 is 15.9 Å². The number of carbonyl (C=O) groups excluding carboxylic acids is 2. The van der Waals surface area contributed by atoms with Crippen LogP contribution in [0.15, 0.2) is 83.0 Å². The van der Waals surface area contributed by atoms with E-state index in [4.69, 9.17) is 0 Å². The van der Waals surface area contributed by atoms with Crippen LogP contribution in [0, 0.1) is 5.82 Å². The largest absolute Gasteiger partial charge is 0.507 e. The van der Waals surface area contributed by atoms with Gasteiger partial charge in [-0.3, -0.25) is 14.5 Å². The number of nitrogens with zero attached hydrogens (tertiary/aromatic N) is 2. The molecule has 0 saturated carbocycles. The van der Waals surface area contributed by atoms with E-state index in [2.05, 4.69) is 20.9 Å². The zero-order chi connectivity index (χ0) is 20.5. The zero-order valence-electron chi connectivity index (χ0n) is 14.9. The molecule has 1 aliphatic rings. The molecule has 1 N–H and O–H groups in total. The maximum Gasteiger partial charge on any atom is 0.301 e. The van der Waals surface area contributed by atoms with Crippen molar-refractivity contribution < 1.29 is 19.1 Å². The fourth-order valence-corrected chi connectivity index (χ4v) is 3.55. The fraction of sp³-hybridized carbons (Fsp3) is 0.0455. The number of carbonyl (C=O) groups is 2. The van der Waals surface area contributed by atoms with Crippen LogP contribution in [0.5, 0.6) is 0 Å². The molecule has 1 aromatic heterocycles. The van der Waals surface area contributed by atoms with E-state index in [1.165, 1.54) is 35.4 Å². The molecule has 1 fully saturated rings. The molecule has 29 heavy (non-hydrogen) atoms. The quantitative estimate of drug-likeness (QED) is 0.357. The molecule has 7 heteroatoms. The Kier molecular flexibility index (Phi) is 4.98. The number of pyridine rings is 1. The number of benzene rings is 2. The molecule has 0 bridgehead atoms. The first-order valence-electron chi connectivity index (χ1n) is 8.71. The van der Waals surface area contributed by atoms with Crippen molar-refractivity contribution in [3.05, 3.63) is 99.9 Å². The number of hydrogen-bond donors (Lipinski definition) is 1. The van der Waals surface area contributed by atoms with Gasteiger partial charge in [0.05, 0.1) is 11.6 Å². The monoisotopic (exact) mass is 452 g/mol. The Bertz CT molecular complexity index is 1110. The summed E-state index contributed by atoms with van der Waals surface area (Å²) in [5.74, 6) is -2.12. The highest BCUT2D eigenvalue weighted by molar-refractivity contribution is 9.10. The Labute approximate surface area is 174 Å². The van der Waals surface area contributed by atoms with Gasteiger partial charge >= 0.3 is 5.91 Å². The van der Waals surface area contributed by atoms with E-state index >= 15 is 0 Å². The summed E-state index contributed by atoms with van der Waals surface area (Å²) in [4.78, 5) is 31.2. The first-order valence-corrected chi connectivity index (χ1v) is 9.50. The maximum absolute atomic E-state index is 13.5. The molecule has 0 aliphatic carbocycles. The lowest BCUT2D eigenvalue weighted by Gasteiger charge is -2.24. The van der Waals surface area contributed by atoms with Gasteiger partial charge in [0.2, 0.25) is 0 Å². The molecule has 2 aromatic carbocycles. The summed E-state index contributed by atoms with van der Waals surface area (Å²) < 4.78 is 14.3. The van der Waals surface area contributed by atoms with Crippen LogP contribution in [0.2, 0.25) is 0 Å². The number of aliphatic hydroxyl groups is 1. The van der Waals surface area contributed by atoms with Gasteiger partial charge in [-0.1, -0.05) is 46.3 Å². The number of halogens is 2. The minimum atomic E-state index is -0.936. The van der Waals surface area contributed by atoms with Gasteiger partial charge < -0.3 is 5.11 Å². The van der Waals surface area contributed by atoms with E-state index in [0.717, 1.165) is 4.47 Å². The van der Waals surface area contributed by atoms with E-state index in [1.807, 2.05) is 0 Å². The highest BCUT2D eigenvalue weighted by Crippen LogP contribution is 2.41. The molecule has 0 radical (unpaired) electrons. The predicted octanol–water partition coefficient (Wildman–Crippen LogP) is 4.61. The van der Waals surface area contributed by atoms with Crippen LogP contribution in [-0.2, 0) is 9.59 Å². The van der Waals surface area contributed by atoms with Gasteiger partial charge in [-0.15, -0.1) is 0 Å². The zero-order valence-corrected chi connectivity index (χ0v) is 16.5. The normalized spacial score (nSPS) is 18.3. The second-order valence-electron chi connectivity index (χ2n) is 6.42. The fourth-order valence-electron chi connectivity index (χ4n) is 3.29. The van der Waals surface area contributed by atoms with E-state index in [0.29, 0.717) is 11.1 Å². The van der Waals surface area contributed by atoms with Gasteiger partial charge in [0.25, 0.3) is 5.78 Å². The van der Waals surface area contributed by atoms with E-state index in [9.17, 15) is 19.1 Å². The summed E-state index contributed by atoms with van der Waals surface area (Å²) in [7, 11) is 0. The Morgan fingerprint density at radius 2 is 1.69 bits per heavy atom. The Morgan fingerprint density at radius 3 is 2.31 bits per heavy atom. The molecule has 1 aliphatic heterocycles. The van der Waals surface area contributed by atoms with Gasteiger partial charge in [-0.2, -0.15) is 0 Å². The first kappa shape index (κ1) is 19.0. The average Bonchev–Trinajstić information content (AvgIpc) is 3.00. The van der Waals surface area contributed by atoms with Crippen LogP contribution in [0.3, 0.4) is 0 Å². The molecule has 5 nitrogen and oxygen atoms in total. The number of rotatable bonds is 3. The van der Waals surface area contributed by atoms with Crippen LogP contribution in [0.25, 0.3) is 5.76 Å². The topological polar surface area (TPSA) is 70.5 Å². The molecular formula is C22H14BrFN2O3. The molecule has 1 amide bonds. The van der Waals surface area contributed by atoms with Gasteiger partial charge in [0.1, 0.15) is 17.4 Å². The Hall–Kier alpha value is -3.32. The summed E-state index contributed by atoms with van der Waals surface area (Å²) in [6.45, 7) is 0. The Morgan fingerprint density at radius 1 is 1.00 bits per heavy atom. The summed E-state index contributed by atoms with van der Waals surface area (Å²) in [5, 5.41) is 10.9. The minimum Gasteiger partial charge on any atom is -0.507 e. The van der Waals surface area contributed by atoms with Crippen LogP contribution in [0.1, 0.15) is 17.2 Å². The third-order valence-corrected chi connectivity index (χ3v) is 5.17. The molecular weight excluding hydrogens is 439 g/mol. The number of Topliss-reactive ketones (excluding diaryl/α,β-unsaturated/α-hetero) is 1. The number of ketones is 1. The highest BCUT2D eigenvalue weighted by Gasteiger charge is 2.47. The molecule has 144 valence electrons. The van der Waals surface area contributed by atoms with Crippen molar-refractivity contribution >= 4 is 39.2 Å². The van der Waals surface area contributed by atoms with Gasteiger partial charge in [0.15, 0.2) is 0 Å². The van der Waals surface area contributed by atoms with Crippen molar-refractivity contribution in [2.45, 2.75) is 6.04 Å². The van der Waals surface area contributed by atoms with Gasteiger partial charge in [0, 0.05) is 16.2 Å². The smallest absolute Gasteiger partial charge is 0.301 e. The summed E-state index contributed by atoms with van der Waals surface area (Å²) >= 11 is 3.32. The van der Waals surface area contributed by atoms with E-state index in [-0.39, 0.29) is 17.2 Å². The lowest BCUT2D eigenvalue weighted by Crippen LogP contribution is -2.30. The molecule has 2 heterocycles. The number of anilines is 1. The van der Waals surface area contributed by atoms with Crippen LogP contribution < -0.4 is 4.90 Å². The third-order valence-electron chi connectivity index (χ3n) is 4.64. The van der Waals surface area contributed by atoms with Crippen molar-refractivity contribution in [1.29, 1.82) is 0 Å². The minimum absolute atomic E-state index is 0.0745. The number of aromatic nitrogens is 1. The molecule has 3 aromatic rings. The van der Waals surface area contributed by atoms with E-state index < -0.39 is 23.5 Å². The summed E-state index contributed by atoms with van der Waals surface area (Å²) in [5.41, 5.74) is 0.795. The molecule has 4 rings (SSSR count). The van der Waals surface area contributed by atoms with Crippen molar-refractivity contribution in [3.63, 3.8) is 0 Å².